The topological polar surface area (TPSA) is 49.5 Å². The van der Waals surface area contributed by atoms with Gasteiger partial charge in [0.15, 0.2) is 0 Å². The van der Waals surface area contributed by atoms with Gasteiger partial charge in [0.25, 0.3) is 0 Å². The molecular weight excluding hydrogens is 212 g/mol. The summed E-state index contributed by atoms with van der Waals surface area (Å²) in [5, 5.41) is 9.69. The number of nitrogens with zero attached hydrogens (tertiary/aromatic N) is 1. The van der Waals surface area contributed by atoms with Crippen molar-refractivity contribution in [2.45, 2.75) is 51.7 Å². The second-order valence-electron chi connectivity index (χ2n) is 6.27. The predicted octanol–water partition coefficient (Wildman–Crippen LogP) is 1.45. The van der Waals surface area contributed by atoms with Crippen molar-refractivity contribution in [1.29, 1.82) is 0 Å². The number of rotatable bonds is 3. The number of hydrogen-bond donors (Lipinski definition) is 2. The molecule has 1 saturated carbocycles. The lowest BCUT2D eigenvalue weighted by Gasteiger charge is -2.40. The fraction of sp³-hybridized carbons (Fsp3) is 1.00. The van der Waals surface area contributed by atoms with Gasteiger partial charge in [-0.1, -0.05) is 13.3 Å². The Bertz CT molecular complexity index is 244. The van der Waals surface area contributed by atoms with E-state index in [9.17, 15) is 5.11 Å². The first kappa shape index (κ1) is 13.3. The van der Waals surface area contributed by atoms with Crippen LogP contribution in [0.1, 0.15) is 39.5 Å². The molecule has 0 amide bonds. The van der Waals surface area contributed by atoms with E-state index in [0.717, 1.165) is 32.0 Å². The van der Waals surface area contributed by atoms with Crippen LogP contribution in [0.3, 0.4) is 0 Å². The molecule has 1 saturated heterocycles. The van der Waals surface area contributed by atoms with E-state index in [4.69, 9.17) is 5.73 Å². The van der Waals surface area contributed by atoms with Crippen molar-refractivity contribution in [3.63, 3.8) is 0 Å². The summed E-state index contributed by atoms with van der Waals surface area (Å²) in [6.07, 6.45) is 4.93. The molecule has 0 bridgehead atoms. The average Bonchev–Trinajstić information content (AvgIpc) is 2.78. The molecule has 100 valence electrons. The van der Waals surface area contributed by atoms with Crippen LogP contribution in [0, 0.1) is 17.8 Å². The molecule has 1 aliphatic carbocycles. The molecule has 3 N–H and O–H groups in total. The Balaban J connectivity index is 1.95. The van der Waals surface area contributed by atoms with Crippen molar-refractivity contribution in [1.82, 2.24) is 4.90 Å². The number of likely N-dealkylation sites (tertiary alicyclic amines) is 1. The van der Waals surface area contributed by atoms with Gasteiger partial charge < -0.3 is 10.8 Å². The zero-order valence-corrected chi connectivity index (χ0v) is 11.3. The first-order valence-corrected chi connectivity index (χ1v) is 7.24. The molecule has 2 rings (SSSR count). The highest BCUT2D eigenvalue weighted by molar-refractivity contribution is 4.90. The monoisotopic (exact) mass is 240 g/mol. The molecule has 0 aromatic heterocycles. The van der Waals surface area contributed by atoms with Crippen molar-refractivity contribution in [3.05, 3.63) is 0 Å². The summed E-state index contributed by atoms with van der Waals surface area (Å²) >= 11 is 0. The molecule has 3 heteroatoms. The fourth-order valence-electron chi connectivity index (χ4n) is 3.65. The normalized spacial score (nSPS) is 41.6. The third kappa shape index (κ3) is 3.01. The number of aliphatic hydroxyl groups is 1. The van der Waals surface area contributed by atoms with E-state index in [1.54, 1.807) is 0 Å². The molecule has 5 atom stereocenters. The first-order chi connectivity index (χ1) is 8.11. The van der Waals surface area contributed by atoms with Crippen molar-refractivity contribution in [2.24, 2.45) is 23.5 Å². The van der Waals surface area contributed by atoms with E-state index >= 15 is 0 Å². The van der Waals surface area contributed by atoms with E-state index < -0.39 is 0 Å². The third-order valence-electron chi connectivity index (χ3n) is 4.93. The molecular formula is C14H28N2O. The van der Waals surface area contributed by atoms with Crippen LogP contribution in [0.15, 0.2) is 0 Å². The Morgan fingerprint density at radius 2 is 2.12 bits per heavy atom. The van der Waals surface area contributed by atoms with Crippen molar-refractivity contribution in [3.8, 4) is 0 Å². The lowest BCUT2D eigenvalue weighted by atomic mass is 9.78. The molecule has 2 fully saturated rings. The standard InChI is InChI=1S/C14H28N2O/c1-10-3-4-12(8-15)14(7-10)16-6-5-13(9-16)11(2)17/h10-14,17H,3-9,15H2,1-2H3. The summed E-state index contributed by atoms with van der Waals surface area (Å²) in [5.41, 5.74) is 5.93. The molecule has 0 spiro atoms. The number of nitrogens with two attached hydrogens (primary N) is 1. The van der Waals surface area contributed by atoms with Crippen molar-refractivity contribution < 1.29 is 5.11 Å². The highest BCUT2D eigenvalue weighted by Gasteiger charge is 2.36. The summed E-state index contributed by atoms with van der Waals surface area (Å²) < 4.78 is 0. The number of hydrogen-bond acceptors (Lipinski definition) is 3. The second kappa shape index (κ2) is 5.68. The van der Waals surface area contributed by atoms with Gasteiger partial charge in [0, 0.05) is 12.6 Å². The molecule has 17 heavy (non-hydrogen) atoms. The fourth-order valence-corrected chi connectivity index (χ4v) is 3.65. The molecule has 1 aliphatic heterocycles. The van der Waals surface area contributed by atoms with Crippen LogP contribution < -0.4 is 5.73 Å². The highest BCUT2D eigenvalue weighted by atomic mass is 16.3. The average molecular weight is 240 g/mol. The summed E-state index contributed by atoms with van der Waals surface area (Å²) in [7, 11) is 0. The zero-order valence-electron chi connectivity index (χ0n) is 11.3. The maximum absolute atomic E-state index is 9.69. The summed E-state index contributed by atoms with van der Waals surface area (Å²) in [4.78, 5) is 2.60. The Morgan fingerprint density at radius 1 is 1.35 bits per heavy atom. The van der Waals surface area contributed by atoms with Crippen LogP contribution >= 0.6 is 0 Å². The Kier molecular flexibility index (Phi) is 4.45. The van der Waals surface area contributed by atoms with E-state index in [1.165, 1.54) is 19.3 Å². The van der Waals surface area contributed by atoms with Gasteiger partial charge >= 0.3 is 0 Å². The summed E-state index contributed by atoms with van der Waals surface area (Å²) in [6.45, 7) is 7.35. The largest absolute Gasteiger partial charge is 0.393 e. The van der Waals surface area contributed by atoms with Gasteiger partial charge in [-0.3, -0.25) is 4.90 Å². The minimum atomic E-state index is -0.155. The quantitative estimate of drug-likeness (QED) is 0.785. The lowest BCUT2D eigenvalue weighted by Crippen LogP contribution is -2.45. The predicted molar refractivity (Wildman–Crippen MR) is 70.7 cm³/mol. The minimum absolute atomic E-state index is 0.155. The maximum Gasteiger partial charge on any atom is 0.0552 e. The molecule has 0 aromatic carbocycles. The minimum Gasteiger partial charge on any atom is -0.393 e. The SMILES string of the molecule is CC1CCC(CN)C(N2CCC(C(C)O)C2)C1. The highest BCUT2D eigenvalue weighted by Crippen LogP contribution is 2.34. The summed E-state index contributed by atoms with van der Waals surface area (Å²) in [5.74, 6) is 2.00. The van der Waals surface area contributed by atoms with E-state index in [0.29, 0.717) is 17.9 Å². The molecule has 1 heterocycles. The zero-order chi connectivity index (χ0) is 12.4. The Hall–Kier alpha value is -0.120. The molecule has 3 nitrogen and oxygen atoms in total. The van der Waals surface area contributed by atoms with Crippen LogP contribution in [-0.2, 0) is 0 Å². The smallest absolute Gasteiger partial charge is 0.0552 e. The third-order valence-corrected chi connectivity index (χ3v) is 4.93. The van der Waals surface area contributed by atoms with Gasteiger partial charge in [-0.15, -0.1) is 0 Å². The first-order valence-electron chi connectivity index (χ1n) is 7.24. The molecule has 5 unspecified atom stereocenters. The molecule has 0 radical (unpaired) electrons. The number of aliphatic hydroxyl groups excluding tert-OH is 1. The van der Waals surface area contributed by atoms with Crippen molar-refractivity contribution in [2.75, 3.05) is 19.6 Å². The van der Waals surface area contributed by atoms with Gasteiger partial charge in [0.1, 0.15) is 0 Å². The van der Waals surface area contributed by atoms with Crippen LogP contribution in [0.5, 0.6) is 0 Å². The molecule has 2 aliphatic rings. The van der Waals surface area contributed by atoms with Crippen LogP contribution in [-0.4, -0.2) is 41.8 Å². The van der Waals surface area contributed by atoms with Gasteiger partial charge in [0.05, 0.1) is 6.10 Å². The van der Waals surface area contributed by atoms with E-state index in [2.05, 4.69) is 11.8 Å². The van der Waals surface area contributed by atoms with Gasteiger partial charge in [-0.05, 0) is 57.0 Å². The Labute approximate surface area is 105 Å². The maximum atomic E-state index is 9.69. The van der Waals surface area contributed by atoms with Gasteiger partial charge in [0.2, 0.25) is 0 Å². The van der Waals surface area contributed by atoms with Gasteiger partial charge in [-0.2, -0.15) is 0 Å². The van der Waals surface area contributed by atoms with Crippen molar-refractivity contribution >= 4 is 0 Å². The lowest BCUT2D eigenvalue weighted by molar-refractivity contribution is 0.0854. The van der Waals surface area contributed by atoms with Crippen LogP contribution in [0.4, 0.5) is 0 Å². The van der Waals surface area contributed by atoms with Crippen LogP contribution in [0.25, 0.3) is 0 Å². The van der Waals surface area contributed by atoms with E-state index in [1.807, 2.05) is 6.92 Å². The van der Waals surface area contributed by atoms with Crippen LogP contribution in [0.2, 0.25) is 0 Å². The molecule has 0 aromatic rings. The summed E-state index contributed by atoms with van der Waals surface area (Å²) in [6, 6.07) is 0.674. The van der Waals surface area contributed by atoms with E-state index in [-0.39, 0.29) is 6.10 Å². The second-order valence-corrected chi connectivity index (χ2v) is 6.27. The van der Waals surface area contributed by atoms with Gasteiger partial charge in [-0.25, -0.2) is 0 Å². The Morgan fingerprint density at radius 3 is 2.71 bits per heavy atom.